The molecule has 1 aromatic rings. The fourth-order valence-electron chi connectivity index (χ4n) is 3.87. The van der Waals surface area contributed by atoms with Gasteiger partial charge in [0.25, 0.3) is 0 Å². The fraction of sp³-hybridized carbons (Fsp3) is 0.619. The van der Waals surface area contributed by atoms with Crippen LogP contribution in [0.5, 0.6) is 0 Å². The van der Waals surface area contributed by atoms with Gasteiger partial charge in [-0.2, -0.15) is 0 Å². The minimum Gasteiger partial charge on any atom is -0.450 e. The van der Waals surface area contributed by atoms with Crippen molar-refractivity contribution in [3.05, 3.63) is 30.1 Å². The van der Waals surface area contributed by atoms with E-state index in [-0.39, 0.29) is 18.0 Å². The normalized spacial score (nSPS) is 19.1. The van der Waals surface area contributed by atoms with Gasteiger partial charge in [0.2, 0.25) is 0 Å². The van der Waals surface area contributed by atoms with Crippen molar-refractivity contribution in [3.8, 4) is 0 Å². The van der Waals surface area contributed by atoms with Crippen molar-refractivity contribution in [2.24, 2.45) is 10.7 Å². The molecule has 0 spiro atoms. The van der Waals surface area contributed by atoms with Crippen molar-refractivity contribution in [2.45, 2.75) is 25.8 Å². The van der Waals surface area contributed by atoms with E-state index in [1.165, 1.54) is 12.1 Å². The standard InChI is InChI=1S/C21H33FN6O2/c1-2-30-21(29)28-10-7-18(8-11-28)25-20(23)24-9-12-26-13-15-27(16-14-26)19-5-3-17(22)4-6-19/h3-6,18H,2,7-16H2,1H3,(H3,23,24,25). The lowest BCUT2D eigenvalue weighted by molar-refractivity contribution is 0.0963. The number of piperazine rings is 1. The van der Waals surface area contributed by atoms with Crippen LogP contribution in [0, 0.1) is 5.82 Å². The maximum atomic E-state index is 13.1. The first-order valence-electron chi connectivity index (χ1n) is 10.8. The zero-order chi connectivity index (χ0) is 21.3. The van der Waals surface area contributed by atoms with Crippen LogP contribution in [0.1, 0.15) is 19.8 Å². The Hall–Kier alpha value is -2.55. The highest BCUT2D eigenvalue weighted by atomic mass is 19.1. The largest absolute Gasteiger partial charge is 0.450 e. The van der Waals surface area contributed by atoms with Crippen molar-refractivity contribution < 1.29 is 13.9 Å². The van der Waals surface area contributed by atoms with Gasteiger partial charge in [0.1, 0.15) is 5.82 Å². The molecule has 2 heterocycles. The maximum absolute atomic E-state index is 13.1. The highest BCUT2D eigenvalue weighted by molar-refractivity contribution is 5.78. The number of aliphatic imine (C=N–C) groups is 1. The van der Waals surface area contributed by atoms with E-state index in [1.54, 1.807) is 4.90 Å². The predicted molar refractivity (Wildman–Crippen MR) is 116 cm³/mol. The van der Waals surface area contributed by atoms with Gasteiger partial charge in [-0.05, 0) is 44.0 Å². The van der Waals surface area contributed by atoms with Crippen LogP contribution in [0.4, 0.5) is 14.9 Å². The van der Waals surface area contributed by atoms with Crippen molar-refractivity contribution in [1.82, 2.24) is 15.1 Å². The molecule has 0 atom stereocenters. The molecule has 1 amide bonds. The Balaban J connectivity index is 1.32. The van der Waals surface area contributed by atoms with Gasteiger partial charge in [-0.1, -0.05) is 0 Å². The number of guanidine groups is 1. The number of ether oxygens (including phenoxy) is 1. The van der Waals surface area contributed by atoms with Gasteiger partial charge < -0.3 is 25.6 Å². The topological polar surface area (TPSA) is 86.4 Å². The second kappa shape index (κ2) is 11.0. The van der Waals surface area contributed by atoms with E-state index in [4.69, 9.17) is 10.5 Å². The van der Waals surface area contributed by atoms with Crippen molar-refractivity contribution in [3.63, 3.8) is 0 Å². The number of rotatable bonds is 6. The summed E-state index contributed by atoms with van der Waals surface area (Å²) in [5.41, 5.74) is 7.12. The molecule has 0 bridgehead atoms. The third-order valence-electron chi connectivity index (χ3n) is 5.64. The molecule has 2 aliphatic heterocycles. The summed E-state index contributed by atoms with van der Waals surface area (Å²) < 4.78 is 18.1. The van der Waals surface area contributed by atoms with Gasteiger partial charge in [0.15, 0.2) is 5.96 Å². The summed E-state index contributed by atoms with van der Waals surface area (Å²) in [7, 11) is 0. The number of piperidine rings is 1. The molecular formula is C21H33FN6O2. The number of carbonyl (C=O) groups excluding carboxylic acids is 1. The van der Waals surface area contributed by atoms with E-state index in [9.17, 15) is 9.18 Å². The summed E-state index contributed by atoms with van der Waals surface area (Å²) in [5, 5.41) is 3.27. The van der Waals surface area contributed by atoms with E-state index >= 15 is 0 Å². The minimum absolute atomic E-state index is 0.203. The third-order valence-corrected chi connectivity index (χ3v) is 5.64. The van der Waals surface area contributed by atoms with Crippen LogP contribution in [0.15, 0.2) is 29.3 Å². The molecule has 8 nitrogen and oxygen atoms in total. The number of amides is 1. The second-order valence-electron chi connectivity index (χ2n) is 7.68. The van der Waals surface area contributed by atoms with Crippen LogP contribution >= 0.6 is 0 Å². The second-order valence-corrected chi connectivity index (χ2v) is 7.68. The summed E-state index contributed by atoms with van der Waals surface area (Å²) in [6, 6.07) is 6.91. The smallest absolute Gasteiger partial charge is 0.409 e. The van der Waals surface area contributed by atoms with Crippen LogP contribution in [-0.4, -0.2) is 86.9 Å². The van der Waals surface area contributed by atoms with E-state index in [0.29, 0.717) is 32.2 Å². The van der Waals surface area contributed by atoms with Gasteiger partial charge in [-0.15, -0.1) is 0 Å². The number of anilines is 1. The van der Waals surface area contributed by atoms with E-state index in [0.717, 1.165) is 51.3 Å². The number of hydrogen-bond acceptors (Lipinski definition) is 5. The predicted octanol–water partition coefficient (Wildman–Crippen LogP) is 1.47. The first-order chi connectivity index (χ1) is 14.5. The molecule has 30 heavy (non-hydrogen) atoms. The minimum atomic E-state index is -0.239. The quantitative estimate of drug-likeness (QED) is 0.536. The summed E-state index contributed by atoms with van der Waals surface area (Å²) in [6.45, 7) is 8.80. The molecule has 2 fully saturated rings. The Bertz CT molecular complexity index is 698. The molecule has 0 aromatic heterocycles. The molecule has 2 saturated heterocycles. The Morgan fingerprint density at radius 2 is 1.83 bits per heavy atom. The van der Waals surface area contributed by atoms with Gasteiger partial charge in [0, 0.05) is 57.5 Å². The molecule has 3 rings (SSSR count). The number of benzene rings is 1. The molecule has 2 aliphatic rings. The number of nitrogens with two attached hydrogens (primary N) is 1. The number of nitrogens with one attached hydrogen (secondary N) is 1. The maximum Gasteiger partial charge on any atom is 0.409 e. The number of hydrogen-bond donors (Lipinski definition) is 2. The Labute approximate surface area is 177 Å². The van der Waals surface area contributed by atoms with Gasteiger partial charge in [-0.3, -0.25) is 9.89 Å². The lowest BCUT2D eigenvalue weighted by Crippen LogP contribution is -2.49. The first kappa shape index (κ1) is 22.1. The molecule has 0 unspecified atom stereocenters. The van der Waals surface area contributed by atoms with Crippen LogP contribution in [0.3, 0.4) is 0 Å². The van der Waals surface area contributed by atoms with Crippen LogP contribution in [-0.2, 0) is 4.74 Å². The van der Waals surface area contributed by atoms with E-state index in [2.05, 4.69) is 20.1 Å². The lowest BCUT2D eigenvalue weighted by Gasteiger charge is -2.35. The third kappa shape index (κ3) is 6.48. The SMILES string of the molecule is CCOC(=O)N1CCC(NC(N)=NCCN2CCN(c3ccc(F)cc3)CC2)CC1. The van der Waals surface area contributed by atoms with Gasteiger partial charge in [-0.25, -0.2) is 9.18 Å². The zero-order valence-corrected chi connectivity index (χ0v) is 17.7. The molecule has 0 saturated carbocycles. The Kier molecular flexibility index (Phi) is 8.12. The van der Waals surface area contributed by atoms with Crippen molar-refractivity contribution in [1.29, 1.82) is 0 Å². The molecule has 166 valence electrons. The Morgan fingerprint density at radius 3 is 2.47 bits per heavy atom. The molecule has 3 N–H and O–H groups in total. The van der Waals surface area contributed by atoms with Crippen molar-refractivity contribution in [2.75, 3.05) is 63.9 Å². The van der Waals surface area contributed by atoms with Crippen LogP contribution < -0.4 is 16.0 Å². The number of likely N-dealkylation sites (tertiary alicyclic amines) is 1. The molecule has 9 heteroatoms. The van der Waals surface area contributed by atoms with E-state index in [1.807, 2.05) is 19.1 Å². The highest BCUT2D eigenvalue weighted by Crippen LogP contribution is 2.16. The fourth-order valence-corrected chi connectivity index (χ4v) is 3.87. The van der Waals surface area contributed by atoms with Crippen molar-refractivity contribution >= 4 is 17.7 Å². The van der Waals surface area contributed by atoms with E-state index < -0.39 is 0 Å². The number of halogens is 1. The number of nitrogens with zero attached hydrogens (tertiary/aromatic N) is 4. The Morgan fingerprint density at radius 1 is 1.17 bits per heavy atom. The highest BCUT2D eigenvalue weighted by Gasteiger charge is 2.23. The van der Waals surface area contributed by atoms with Crippen LogP contribution in [0.2, 0.25) is 0 Å². The summed E-state index contributed by atoms with van der Waals surface area (Å²) in [5.74, 6) is 0.264. The monoisotopic (exact) mass is 420 g/mol. The summed E-state index contributed by atoms with van der Waals surface area (Å²) in [6.07, 6.45) is 1.43. The first-order valence-corrected chi connectivity index (χ1v) is 10.8. The van der Waals surface area contributed by atoms with Gasteiger partial charge in [0.05, 0.1) is 13.2 Å². The summed E-state index contributed by atoms with van der Waals surface area (Å²) >= 11 is 0. The average Bonchev–Trinajstić information content (AvgIpc) is 2.75. The average molecular weight is 421 g/mol. The summed E-state index contributed by atoms with van der Waals surface area (Å²) in [4.78, 5) is 22.6. The number of carbonyl (C=O) groups is 1. The zero-order valence-electron chi connectivity index (χ0n) is 17.7. The molecule has 1 aromatic carbocycles. The molecule has 0 radical (unpaired) electrons. The lowest BCUT2D eigenvalue weighted by atomic mass is 10.1. The molecule has 0 aliphatic carbocycles. The van der Waals surface area contributed by atoms with Crippen LogP contribution in [0.25, 0.3) is 0 Å². The molecular weight excluding hydrogens is 387 g/mol. The van der Waals surface area contributed by atoms with Gasteiger partial charge >= 0.3 is 6.09 Å².